The minimum Gasteiger partial charge on any atom is -0.390 e. The first-order valence-corrected chi connectivity index (χ1v) is 5.22. The van der Waals surface area contributed by atoms with E-state index in [1.165, 1.54) is 0 Å². The summed E-state index contributed by atoms with van der Waals surface area (Å²) in [4.78, 5) is 0. The van der Waals surface area contributed by atoms with Gasteiger partial charge in [0.1, 0.15) is 0 Å². The van der Waals surface area contributed by atoms with Crippen LogP contribution in [0.3, 0.4) is 0 Å². The number of rotatable bonds is 2. The molecule has 1 saturated heterocycles. The Morgan fingerprint density at radius 1 is 1.46 bits per heavy atom. The van der Waals surface area contributed by atoms with Crippen molar-refractivity contribution in [1.82, 2.24) is 0 Å². The molecule has 0 aromatic rings. The first kappa shape index (κ1) is 11.0. The standard InChI is InChI=1S/C11H22O2/c1-6-10(4)9(12)7-11(5,13-10)8(2)3/h8-9,12H,6-7H2,1-5H3. The molecular formula is C11H22O2. The zero-order chi connectivity index (χ0) is 10.3. The van der Waals surface area contributed by atoms with Gasteiger partial charge in [0.2, 0.25) is 0 Å². The lowest BCUT2D eigenvalue weighted by atomic mass is 9.87. The van der Waals surface area contributed by atoms with Crippen molar-refractivity contribution >= 4 is 0 Å². The van der Waals surface area contributed by atoms with Gasteiger partial charge in [0.25, 0.3) is 0 Å². The first-order valence-electron chi connectivity index (χ1n) is 5.22. The van der Waals surface area contributed by atoms with Gasteiger partial charge in [0.15, 0.2) is 0 Å². The molecule has 2 heteroatoms. The number of ether oxygens (including phenoxy) is 1. The van der Waals surface area contributed by atoms with Gasteiger partial charge in [0.05, 0.1) is 17.3 Å². The predicted molar refractivity (Wildman–Crippen MR) is 53.6 cm³/mol. The Morgan fingerprint density at radius 2 is 2.00 bits per heavy atom. The van der Waals surface area contributed by atoms with E-state index in [1.54, 1.807) is 0 Å². The van der Waals surface area contributed by atoms with Crippen LogP contribution in [0.1, 0.15) is 47.5 Å². The van der Waals surface area contributed by atoms with Crippen LogP contribution in [0.5, 0.6) is 0 Å². The third kappa shape index (κ3) is 1.75. The van der Waals surface area contributed by atoms with Crippen LogP contribution in [0.4, 0.5) is 0 Å². The van der Waals surface area contributed by atoms with Gasteiger partial charge in [-0.3, -0.25) is 0 Å². The summed E-state index contributed by atoms with van der Waals surface area (Å²) in [7, 11) is 0. The van der Waals surface area contributed by atoms with Gasteiger partial charge in [-0.2, -0.15) is 0 Å². The summed E-state index contributed by atoms with van der Waals surface area (Å²) in [6, 6.07) is 0. The van der Waals surface area contributed by atoms with Gasteiger partial charge < -0.3 is 9.84 Å². The Balaban J connectivity index is 2.80. The molecule has 0 spiro atoms. The quantitative estimate of drug-likeness (QED) is 0.717. The van der Waals surface area contributed by atoms with E-state index in [0.29, 0.717) is 5.92 Å². The van der Waals surface area contributed by atoms with Crippen LogP contribution in [-0.4, -0.2) is 22.4 Å². The Morgan fingerprint density at radius 3 is 2.23 bits per heavy atom. The number of hydrogen-bond acceptors (Lipinski definition) is 2. The van der Waals surface area contributed by atoms with E-state index in [-0.39, 0.29) is 17.3 Å². The summed E-state index contributed by atoms with van der Waals surface area (Å²) >= 11 is 0. The fourth-order valence-corrected chi connectivity index (χ4v) is 1.90. The molecule has 3 unspecified atom stereocenters. The van der Waals surface area contributed by atoms with Gasteiger partial charge in [-0.15, -0.1) is 0 Å². The van der Waals surface area contributed by atoms with Crippen LogP contribution < -0.4 is 0 Å². The number of aliphatic hydroxyl groups is 1. The van der Waals surface area contributed by atoms with Crippen LogP contribution in [0, 0.1) is 5.92 Å². The molecule has 0 aliphatic carbocycles. The van der Waals surface area contributed by atoms with E-state index in [0.717, 1.165) is 12.8 Å². The summed E-state index contributed by atoms with van der Waals surface area (Å²) in [5, 5.41) is 9.91. The molecule has 0 saturated carbocycles. The van der Waals surface area contributed by atoms with Crippen LogP contribution in [0.2, 0.25) is 0 Å². The lowest BCUT2D eigenvalue weighted by molar-refractivity contribution is -0.126. The summed E-state index contributed by atoms with van der Waals surface area (Å²) in [6.07, 6.45) is 1.32. The van der Waals surface area contributed by atoms with Crippen molar-refractivity contribution < 1.29 is 9.84 Å². The Bertz CT molecular complexity index is 191. The van der Waals surface area contributed by atoms with E-state index >= 15 is 0 Å². The highest BCUT2D eigenvalue weighted by atomic mass is 16.5. The molecule has 0 amide bonds. The molecule has 2 nitrogen and oxygen atoms in total. The Kier molecular flexibility index (Phi) is 2.75. The highest BCUT2D eigenvalue weighted by Crippen LogP contribution is 2.43. The SMILES string of the molecule is CCC1(C)OC(C)(C(C)C)CC1O. The minimum atomic E-state index is -0.334. The third-order valence-corrected chi connectivity index (χ3v) is 3.69. The van der Waals surface area contributed by atoms with Gasteiger partial charge in [-0.25, -0.2) is 0 Å². The van der Waals surface area contributed by atoms with E-state index in [1.807, 2.05) is 6.92 Å². The topological polar surface area (TPSA) is 29.5 Å². The average Bonchev–Trinajstić information content (AvgIpc) is 2.25. The molecule has 1 aliphatic rings. The van der Waals surface area contributed by atoms with Gasteiger partial charge >= 0.3 is 0 Å². The fraction of sp³-hybridized carbons (Fsp3) is 1.00. The van der Waals surface area contributed by atoms with Crippen molar-refractivity contribution in [2.24, 2.45) is 5.92 Å². The summed E-state index contributed by atoms with van der Waals surface area (Å²) in [5.74, 6) is 0.454. The summed E-state index contributed by atoms with van der Waals surface area (Å²) in [5.41, 5.74) is -0.483. The van der Waals surface area contributed by atoms with Gasteiger partial charge in [-0.1, -0.05) is 20.8 Å². The molecule has 1 rings (SSSR count). The molecule has 0 aromatic carbocycles. The van der Waals surface area contributed by atoms with Crippen LogP contribution in [-0.2, 0) is 4.74 Å². The van der Waals surface area contributed by atoms with Crippen LogP contribution >= 0.6 is 0 Å². The second-order valence-electron chi connectivity index (χ2n) is 4.96. The number of hydrogen-bond donors (Lipinski definition) is 1. The van der Waals surface area contributed by atoms with Crippen molar-refractivity contribution in [3.8, 4) is 0 Å². The molecule has 0 aromatic heterocycles. The molecule has 3 atom stereocenters. The molecular weight excluding hydrogens is 164 g/mol. The molecule has 0 radical (unpaired) electrons. The second kappa shape index (κ2) is 3.25. The maximum absolute atomic E-state index is 9.91. The third-order valence-electron chi connectivity index (χ3n) is 3.69. The van der Waals surface area contributed by atoms with E-state index < -0.39 is 0 Å². The van der Waals surface area contributed by atoms with E-state index in [4.69, 9.17) is 4.74 Å². The predicted octanol–water partition coefficient (Wildman–Crippen LogP) is 2.35. The first-order chi connectivity index (χ1) is 5.84. The molecule has 13 heavy (non-hydrogen) atoms. The minimum absolute atomic E-state index is 0.149. The van der Waals surface area contributed by atoms with Crippen molar-refractivity contribution in [3.05, 3.63) is 0 Å². The molecule has 1 aliphatic heterocycles. The monoisotopic (exact) mass is 186 g/mol. The van der Waals surface area contributed by atoms with Crippen molar-refractivity contribution in [2.45, 2.75) is 64.8 Å². The largest absolute Gasteiger partial charge is 0.390 e. The zero-order valence-corrected chi connectivity index (χ0v) is 9.42. The van der Waals surface area contributed by atoms with Crippen molar-refractivity contribution in [1.29, 1.82) is 0 Å². The second-order valence-corrected chi connectivity index (χ2v) is 4.96. The highest BCUT2D eigenvalue weighted by Gasteiger charge is 2.50. The van der Waals surface area contributed by atoms with E-state index in [9.17, 15) is 5.11 Å². The van der Waals surface area contributed by atoms with Gasteiger partial charge in [0, 0.05) is 6.42 Å². The van der Waals surface area contributed by atoms with E-state index in [2.05, 4.69) is 27.7 Å². The van der Waals surface area contributed by atoms with Crippen LogP contribution in [0.15, 0.2) is 0 Å². The van der Waals surface area contributed by atoms with Crippen molar-refractivity contribution in [2.75, 3.05) is 0 Å². The maximum Gasteiger partial charge on any atom is 0.0918 e. The fourth-order valence-electron chi connectivity index (χ4n) is 1.90. The Hall–Kier alpha value is -0.0800. The normalized spacial score (nSPS) is 45.9. The smallest absolute Gasteiger partial charge is 0.0918 e. The van der Waals surface area contributed by atoms with Crippen LogP contribution in [0.25, 0.3) is 0 Å². The lowest BCUT2D eigenvalue weighted by Gasteiger charge is -2.32. The van der Waals surface area contributed by atoms with Crippen molar-refractivity contribution in [3.63, 3.8) is 0 Å². The molecule has 1 N–H and O–H groups in total. The zero-order valence-electron chi connectivity index (χ0n) is 9.42. The Labute approximate surface area is 81.3 Å². The molecule has 78 valence electrons. The summed E-state index contributed by atoms with van der Waals surface area (Å²) < 4.78 is 6.01. The lowest BCUT2D eigenvalue weighted by Crippen LogP contribution is -2.37. The summed E-state index contributed by atoms with van der Waals surface area (Å²) in [6.45, 7) is 10.5. The van der Waals surface area contributed by atoms with Gasteiger partial charge in [-0.05, 0) is 26.2 Å². The highest BCUT2D eigenvalue weighted by molar-refractivity contribution is 4.99. The molecule has 1 fully saturated rings. The number of aliphatic hydroxyl groups excluding tert-OH is 1. The average molecular weight is 186 g/mol. The molecule has 1 heterocycles. The molecule has 0 bridgehead atoms. The maximum atomic E-state index is 9.91.